The van der Waals surface area contributed by atoms with Gasteiger partial charge in [-0.3, -0.25) is 0 Å². The van der Waals surface area contributed by atoms with Gasteiger partial charge in [-0.15, -0.1) is 0 Å². The normalized spacial score (nSPS) is 24.3. The van der Waals surface area contributed by atoms with Crippen LogP contribution in [0.3, 0.4) is 0 Å². The molecule has 15 heavy (non-hydrogen) atoms. The molecule has 1 saturated heterocycles. The lowest BCUT2D eigenvalue weighted by molar-refractivity contribution is 0.281. The number of rotatable bonds is 5. The average molecular weight is 234 g/mol. The number of sulfonamides is 1. The van der Waals surface area contributed by atoms with E-state index >= 15 is 0 Å². The van der Waals surface area contributed by atoms with E-state index in [2.05, 4.69) is 12.2 Å². The Morgan fingerprint density at radius 1 is 1.47 bits per heavy atom. The molecular weight excluding hydrogens is 212 g/mol. The molecule has 1 unspecified atom stereocenters. The first-order chi connectivity index (χ1) is 7.06. The number of nitrogens with zero attached hydrogens (tertiary/aromatic N) is 1. The van der Waals surface area contributed by atoms with Crippen molar-refractivity contribution in [2.75, 3.05) is 31.9 Å². The van der Waals surface area contributed by atoms with Gasteiger partial charge in [0.1, 0.15) is 0 Å². The van der Waals surface area contributed by atoms with Crippen LogP contribution in [0.2, 0.25) is 0 Å². The van der Waals surface area contributed by atoms with Gasteiger partial charge in [0.05, 0.1) is 5.75 Å². The summed E-state index contributed by atoms with van der Waals surface area (Å²) < 4.78 is 25.4. The van der Waals surface area contributed by atoms with E-state index in [9.17, 15) is 8.42 Å². The summed E-state index contributed by atoms with van der Waals surface area (Å²) in [4.78, 5) is 0. The minimum Gasteiger partial charge on any atom is -0.316 e. The molecule has 1 aliphatic rings. The highest BCUT2D eigenvalue weighted by molar-refractivity contribution is 7.89. The predicted octanol–water partition coefficient (Wildman–Crippen LogP) is 0.658. The van der Waals surface area contributed by atoms with E-state index in [4.69, 9.17) is 0 Å². The number of piperidine rings is 1. The van der Waals surface area contributed by atoms with Crippen molar-refractivity contribution < 1.29 is 8.42 Å². The number of nitrogens with one attached hydrogen (secondary N) is 1. The molecule has 0 aromatic carbocycles. The highest BCUT2D eigenvalue weighted by atomic mass is 32.2. The minimum atomic E-state index is -3.02. The van der Waals surface area contributed by atoms with Crippen LogP contribution < -0.4 is 5.32 Å². The molecule has 1 atom stereocenters. The Bertz CT molecular complexity index is 277. The maximum atomic E-state index is 11.9. The summed E-state index contributed by atoms with van der Waals surface area (Å²) in [6.07, 6.45) is 2.15. The van der Waals surface area contributed by atoms with Crippen molar-refractivity contribution in [2.24, 2.45) is 5.92 Å². The lowest BCUT2D eigenvalue weighted by atomic mass is 10.0. The van der Waals surface area contributed by atoms with Crippen molar-refractivity contribution in [1.29, 1.82) is 0 Å². The number of hydrogen-bond acceptors (Lipinski definition) is 3. The van der Waals surface area contributed by atoms with Gasteiger partial charge in [-0.1, -0.05) is 13.8 Å². The molecule has 0 spiro atoms. The van der Waals surface area contributed by atoms with E-state index in [0.717, 1.165) is 19.4 Å². The quantitative estimate of drug-likeness (QED) is 0.711. The summed E-state index contributed by atoms with van der Waals surface area (Å²) in [5.74, 6) is 0.737. The van der Waals surface area contributed by atoms with Gasteiger partial charge >= 0.3 is 0 Å². The first-order valence-electron chi connectivity index (χ1n) is 5.75. The second-order valence-corrected chi connectivity index (χ2v) is 6.36. The molecule has 1 rings (SSSR count). The molecule has 5 heteroatoms. The van der Waals surface area contributed by atoms with Gasteiger partial charge in [0.25, 0.3) is 0 Å². The van der Waals surface area contributed by atoms with Crippen LogP contribution in [-0.4, -0.2) is 44.7 Å². The maximum Gasteiger partial charge on any atom is 0.215 e. The Morgan fingerprint density at radius 3 is 2.80 bits per heavy atom. The fourth-order valence-corrected chi connectivity index (χ4v) is 3.46. The van der Waals surface area contributed by atoms with Gasteiger partial charge < -0.3 is 5.32 Å². The molecular formula is C10H22N2O2S. The van der Waals surface area contributed by atoms with Crippen LogP contribution in [0, 0.1) is 5.92 Å². The minimum absolute atomic E-state index is 0.230. The lowest BCUT2D eigenvalue weighted by Crippen LogP contribution is -2.42. The SMILES string of the molecule is CCNCCS(=O)(=O)N1CCCC(C)C1. The Morgan fingerprint density at radius 2 is 2.20 bits per heavy atom. The molecule has 4 nitrogen and oxygen atoms in total. The summed E-state index contributed by atoms with van der Waals surface area (Å²) in [6.45, 7) is 6.89. The second kappa shape index (κ2) is 5.82. The molecule has 0 aromatic heterocycles. The van der Waals surface area contributed by atoms with Gasteiger partial charge in [-0.2, -0.15) is 0 Å². The smallest absolute Gasteiger partial charge is 0.215 e. The van der Waals surface area contributed by atoms with Crippen LogP contribution in [0.4, 0.5) is 0 Å². The third-order valence-electron chi connectivity index (χ3n) is 2.80. The summed E-state index contributed by atoms with van der Waals surface area (Å²) in [6, 6.07) is 0. The maximum absolute atomic E-state index is 11.9. The second-order valence-electron chi connectivity index (χ2n) is 4.27. The standard InChI is InChI=1S/C10H22N2O2S/c1-3-11-6-8-15(13,14)12-7-4-5-10(2)9-12/h10-11H,3-9H2,1-2H3. The Hall–Kier alpha value is -0.130. The van der Waals surface area contributed by atoms with E-state index in [-0.39, 0.29) is 5.75 Å². The summed E-state index contributed by atoms with van der Waals surface area (Å²) in [5, 5.41) is 3.05. The third-order valence-corrected chi connectivity index (χ3v) is 4.64. The lowest BCUT2D eigenvalue weighted by Gasteiger charge is -2.30. The molecule has 1 N–H and O–H groups in total. The van der Waals surface area contributed by atoms with Crippen molar-refractivity contribution in [3.63, 3.8) is 0 Å². The molecule has 1 heterocycles. The number of hydrogen-bond donors (Lipinski definition) is 1. The predicted molar refractivity (Wildman–Crippen MR) is 62.3 cm³/mol. The van der Waals surface area contributed by atoms with Gasteiger partial charge in [0, 0.05) is 19.6 Å². The molecule has 0 aliphatic carbocycles. The molecule has 0 bridgehead atoms. The van der Waals surface area contributed by atoms with E-state index in [1.54, 1.807) is 4.31 Å². The molecule has 0 radical (unpaired) electrons. The van der Waals surface area contributed by atoms with Crippen molar-refractivity contribution in [2.45, 2.75) is 26.7 Å². The zero-order valence-electron chi connectivity index (χ0n) is 9.70. The Labute approximate surface area is 93.1 Å². The van der Waals surface area contributed by atoms with Crippen LogP contribution in [0.5, 0.6) is 0 Å². The van der Waals surface area contributed by atoms with Gasteiger partial charge in [-0.05, 0) is 25.3 Å². The molecule has 90 valence electrons. The van der Waals surface area contributed by atoms with E-state index in [0.29, 0.717) is 25.6 Å². The van der Waals surface area contributed by atoms with Crippen LogP contribution in [0.15, 0.2) is 0 Å². The van der Waals surface area contributed by atoms with Crippen molar-refractivity contribution in [1.82, 2.24) is 9.62 Å². The fourth-order valence-electron chi connectivity index (χ4n) is 1.91. The Balaban J connectivity index is 2.45. The summed E-state index contributed by atoms with van der Waals surface area (Å²) >= 11 is 0. The molecule has 0 saturated carbocycles. The zero-order valence-corrected chi connectivity index (χ0v) is 10.5. The van der Waals surface area contributed by atoms with Crippen LogP contribution in [0.1, 0.15) is 26.7 Å². The fraction of sp³-hybridized carbons (Fsp3) is 1.00. The Kier molecular flexibility index (Phi) is 5.02. The van der Waals surface area contributed by atoms with Crippen molar-refractivity contribution in [3.8, 4) is 0 Å². The first-order valence-corrected chi connectivity index (χ1v) is 7.35. The molecule has 1 aliphatic heterocycles. The highest BCUT2D eigenvalue weighted by Crippen LogP contribution is 2.18. The largest absolute Gasteiger partial charge is 0.316 e. The summed E-state index contributed by atoms with van der Waals surface area (Å²) in [5.41, 5.74) is 0. The summed E-state index contributed by atoms with van der Waals surface area (Å²) in [7, 11) is -3.02. The van der Waals surface area contributed by atoms with Crippen molar-refractivity contribution in [3.05, 3.63) is 0 Å². The molecule has 1 fully saturated rings. The topological polar surface area (TPSA) is 49.4 Å². The van der Waals surface area contributed by atoms with Gasteiger partial charge in [0.15, 0.2) is 0 Å². The van der Waals surface area contributed by atoms with E-state index in [1.807, 2.05) is 6.92 Å². The molecule has 0 amide bonds. The average Bonchev–Trinajstić information content (AvgIpc) is 2.18. The van der Waals surface area contributed by atoms with Gasteiger partial charge in [0.2, 0.25) is 10.0 Å². The third kappa shape index (κ3) is 4.09. The van der Waals surface area contributed by atoms with E-state index < -0.39 is 10.0 Å². The zero-order chi connectivity index (χ0) is 11.3. The molecule has 0 aromatic rings. The van der Waals surface area contributed by atoms with Crippen LogP contribution in [0.25, 0.3) is 0 Å². The van der Waals surface area contributed by atoms with E-state index in [1.165, 1.54) is 0 Å². The van der Waals surface area contributed by atoms with Crippen LogP contribution in [-0.2, 0) is 10.0 Å². The highest BCUT2D eigenvalue weighted by Gasteiger charge is 2.26. The van der Waals surface area contributed by atoms with Crippen LogP contribution >= 0.6 is 0 Å². The van der Waals surface area contributed by atoms with Crippen molar-refractivity contribution >= 4 is 10.0 Å². The monoisotopic (exact) mass is 234 g/mol. The van der Waals surface area contributed by atoms with Gasteiger partial charge in [-0.25, -0.2) is 12.7 Å². The first kappa shape index (κ1) is 12.9.